The second-order valence-electron chi connectivity index (χ2n) is 8.44. The van der Waals surface area contributed by atoms with E-state index in [-0.39, 0.29) is 17.9 Å². The molecular formula is C24H31N5O3. The number of hydrogen-bond acceptors (Lipinski definition) is 6. The number of anilines is 1. The predicted octanol–water partition coefficient (Wildman–Crippen LogP) is 2.94. The van der Waals surface area contributed by atoms with Gasteiger partial charge in [-0.05, 0) is 43.4 Å². The van der Waals surface area contributed by atoms with Crippen molar-refractivity contribution in [1.82, 2.24) is 19.8 Å². The van der Waals surface area contributed by atoms with E-state index in [1.165, 1.54) is 0 Å². The minimum absolute atomic E-state index is 0.00337. The van der Waals surface area contributed by atoms with Gasteiger partial charge in [-0.2, -0.15) is 0 Å². The number of piperidine rings is 1. The van der Waals surface area contributed by atoms with Crippen LogP contribution in [0.2, 0.25) is 0 Å². The van der Waals surface area contributed by atoms with Crippen LogP contribution in [-0.2, 0) is 29.1 Å². The molecule has 4 rings (SSSR count). The van der Waals surface area contributed by atoms with Crippen LogP contribution >= 0.6 is 0 Å². The standard InChI is InChI=1S/C24H31N5O3/c1-16(30)28-13-11-19-20(14-28)26-23(27-22(19)25-2)21-6-4-5-12-29(21)24(31)18-9-7-17(8-10-18)15-32-3/h7-10,21H,4-6,11-15H2,1-3H3,(H,25,26,27)/t21-/m1/s1. The molecule has 1 fully saturated rings. The van der Waals surface area contributed by atoms with Crippen LogP contribution in [0.1, 0.15) is 65.2 Å². The van der Waals surface area contributed by atoms with E-state index in [9.17, 15) is 9.59 Å². The zero-order chi connectivity index (χ0) is 22.7. The van der Waals surface area contributed by atoms with Gasteiger partial charge in [-0.1, -0.05) is 12.1 Å². The Balaban J connectivity index is 1.64. The zero-order valence-electron chi connectivity index (χ0n) is 19.1. The number of benzene rings is 1. The van der Waals surface area contributed by atoms with Gasteiger partial charge in [0.15, 0.2) is 5.82 Å². The van der Waals surface area contributed by atoms with Crippen LogP contribution in [0.3, 0.4) is 0 Å². The molecule has 3 heterocycles. The van der Waals surface area contributed by atoms with Crippen LogP contribution in [0.25, 0.3) is 0 Å². The smallest absolute Gasteiger partial charge is 0.254 e. The molecule has 2 aromatic rings. The lowest BCUT2D eigenvalue weighted by molar-refractivity contribution is -0.129. The molecule has 2 aliphatic heterocycles. The Morgan fingerprint density at radius 3 is 2.62 bits per heavy atom. The van der Waals surface area contributed by atoms with Crippen molar-refractivity contribution in [2.75, 3.05) is 32.6 Å². The number of fused-ring (bicyclic) bond motifs is 1. The molecule has 32 heavy (non-hydrogen) atoms. The molecule has 0 aliphatic carbocycles. The van der Waals surface area contributed by atoms with Crippen LogP contribution < -0.4 is 5.32 Å². The van der Waals surface area contributed by atoms with Gasteiger partial charge in [-0.15, -0.1) is 0 Å². The summed E-state index contributed by atoms with van der Waals surface area (Å²) < 4.78 is 5.17. The summed E-state index contributed by atoms with van der Waals surface area (Å²) in [5.41, 5.74) is 3.64. The van der Waals surface area contributed by atoms with Crippen molar-refractivity contribution in [3.63, 3.8) is 0 Å². The zero-order valence-corrected chi connectivity index (χ0v) is 19.1. The van der Waals surface area contributed by atoms with Crippen LogP contribution in [0, 0.1) is 0 Å². The highest BCUT2D eigenvalue weighted by molar-refractivity contribution is 5.94. The maximum absolute atomic E-state index is 13.4. The third-order valence-corrected chi connectivity index (χ3v) is 6.34. The lowest BCUT2D eigenvalue weighted by atomic mass is 9.98. The second kappa shape index (κ2) is 9.65. The first-order valence-electron chi connectivity index (χ1n) is 11.2. The molecule has 1 aromatic heterocycles. The van der Waals surface area contributed by atoms with Gasteiger partial charge in [0.2, 0.25) is 5.91 Å². The van der Waals surface area contributed by atoms with Gasteiger partial charge in [0.25, 0.3) is 5.91 Å². The number of ether oxygens (including phenoxy) is 1. The first-order valence-corrected chi connectivity index (χ1v) is 11.2. The minimum atomic E-state index is -0.181. The summed E-state index contributed by atoms with van der Waals surface area (Å²) >= 11 is 0. The molecule has 170 valence electrons. The average Bonchev–Trinajstić information content (AvgIpc) is 2.83. The molecule has 0 spiro atoms. The third-order valence-electron chi connectivity index (χ3n) is 6.34. The molecule has 8 heteroatoms. The maximum Gasteiger partial charge on any atom is 0.254 e. The first kappa shape index (κ1) is 22.2. The van der Waals surface area contributed by atoms with Crippen LogP contribution in [0.4, 0.5) is 5.82 Å². The Morgan fingerprint density at radius 2 is 1.94 bits per heavy atom. The van der Waals surface area contributed by atoms with Gasteiger partial charge in [0.1, 0.15) is 5.82 Å². The number of carbonyl (C=O) groups excluding carboxylic acids is 2. The first-order chi connectivity index (χ1) is 15.5. The fraction of sp³-hybridized carbons (Fsp3) is 0.500. The summed E-state index contributed by atoms with van der Waals surface area (Å²) in [6.45, 7) is 3.95. The summed E-state index contributed by atoms with van der Waals surface area (Å²) in [7, 11) is 3.51. The van der Waals surface area contributed by atoms with E-state index in [2.05, 4.69) is 5.32 Å². The number of carbonyl (C=O) groups is 2. The van der Waals surface area contributed by atoms with E-state index in [1.54, 1.807) is 14.0 Å². The second-order valence-corrected chi connectivity index (χ2v) is 8.44. The van der Waals surface area contributed by atoms with E-state index in [0.717, 1.165) is 48.3 Å². The van der Waals surface area contributed by atoms with Crippen molar-refractivity contribution >= 4 is 17.6 Å². The van der Waals surface area contributed by atoms with Crippen molar-refractivity contribution in [3.05, 3.63) is 52.5 Å². The number of hydrogen-bond donors (Lipinski definition) is 1. The molecule has 1 atom stereocenters. The number of rotatable bonds is 5. The average molecular weight is 438 g/mol. The van der Waals surface area contributed by atoms with Gasteiger partial charge >= 0.3 is 0 Å². The van der Waals surface area contributed by atoms with Crippen molar-refractivity contribution in [3.8, 4) is 0 Å². The molecule has 8 nitrogen and oxygen atoms in total. The van der Waals surface area contributed by atoms with Crippen LogP contribution in [0.15, 0.2) is 24.3 Å². The lowest BCUT2D eigenvalue weighted by Gasteiger charge is -2.36. The molecule has 0 unspecified atom stereocenters. The lowest BCUT2D eigenvalue weighted by Crippen LogP contribution is -2.40. The highest BCUT2D eigenvalue weighted by atomic mass is 16.5. The Labute approximate surface area is 189 Å². The monoisotopic (exact) mass is 437 g/mol. The molecule has 2 amide bonds. The summed E-state index contributed by atoms with van der Waals surface area (Å²) in [5.74, 6) is 1.50. The van der Waals surface area contributed by atoms with Crippen molar-refractivity contribution in [1.29, 1.82) is 0 Å². The van der Waals surface area contributed by atoms with Crippen LogP contribution in [0.5, 0.6) is 0 Å². The number of nitrogens with one attached hydrogen (secondary N) is 1. The van der Waals surface area contributed by atoms with E-state index < -0.39 is 0 Å². The molecular weight excluding hydrogens is 406 g/mol. The SMILES string of the molecule is CNc1nc([C@H]2CCCCN2C(=O)c2ccc(COC)cc2)nc2c1CCN(C(C)=O)C2. The number of likely N-dealkylation sites (tertiary alicyclic amines) is 1. The largest absolute Gasteiger partial charge is 0.380 e. The molecule has 1 saturated heterocycles. The predicted molar refractivity (Wildman–Crippen MR) is 121 cm³/mol. The van der Waals surface area contributed by atoms with Gasteiger partial charge < -0.3 is 19.9 Å². The van der Waals surface area contributed by atoms with Crippen molar-refractivity contribution in [2.45, 2.75) is 51.8 Å². The summed E-state index contributed by atoms with van der Waals surface area (Å²) in [4.78, 5) is 38.8. The Bertz CT molecular complexity index is 992. The van der Waals surface area contributed by atoms with Gasteiger partial charge in [0, 0.05) is 45.3 Å². The number of amides is 2. The summed E-state index contributed by atoms with van der Waals surface area (Å²) in [6, 6.07) is 7.40. The fourth-order valence-corrected chi connectivity index (χ4v) is 4.59. The summed E-state index contributed by atoms with van der Waals surface area (Å²) in [5, 5.41) is 3.20. The Kier molecular flexibility index (Phi) is 6.69. The van der Waals surface area contributed by atoms with E-state index >= 15 is 0 Å². The van der Waals surface area contributed by atoms with Crippen molar-refractivity contribution in [2.24, 2.45) is 0 Å². The number of nitrogens with zero attached hydrogens (tertiary/aromatic N) is 4. The molecule has 0 radical (unpaired) electrons. The molecule has 0 saturated carbocycles. The fourth-order valence-electron chi connectivity index (χ4n) is 4.59. The molecule has 1 aromatic carbocycles. The highest BCUT2D eigenvalue weighted by Crippen LogP contribution is 2.33. The highest BCUT2D eigenvalue weighted by Gasteiger charge is 2.33. The van der Waals surface area contributed by atoms with E-state index in [1.807, 2.05) is 41.1 Å². The van der Waals surface area contributed by atoms with Crippen molar-refractivity contribution < 1.29 is 14.3 Å². The van der Waals surface area contributed by atoms with E-state index in [0.29, 0.717) is 37.6 Å². The minimum Gasteiger partial charge on any atom is -0.380 e. The summed E-state index contributed by atoms with van der Waals surface area (Å²) in [6.07, 6.45) is 3.54. The number of methoxy groups -OCH3 is 1. The van der Waals surface area contributed by atoms with Gasteiger partial charge in [-0.3, -0.25) is 9.59 Å². The van der Waals surface area contributed by atoms with Crippen LogP contribution in [-0.4, -0.2) is 58.8 Å². The Morgan fingerprint density at radius 1 is 1.16 bits per heavy atom. The molecule has 2 aliphatic rings. The topological polar surface area (TPSA) is 87.7 Å². The number of aromatic nitrogens is 2. The maximum atomic E-state index is 13.4. The van der Waals surface area contributed by atoms with E-state index in [4.69, 9.17) is 14.7 Å². The third kappa shape index (κ3) is 4.46. The Hall–Kier alpha value is -3.00. The quantitative estimate of drug-likeness (QED) is 0.774. The van der Waals surface area contributed by atoms with Gasteiger partial charge in [0.05, 0.1) is 24.9 Å². The molecule has 1 N–H and O–H groups in total. The normalized spacial score (nSPS) is 18.3. The van der Waals surface area contributed by atoms with Gasteiger partial charge in [-0.25, -0.2) is 9.97 Å². The molecule has 0 bridgehead atoms.